The summed E-state index contributed by atoms with van der Waals surface area (Å²) >= 11 is 0. The molecule has 3 aromatic rings. The number of nitrogens with one attached hydrogen (secondary N) is 1. The second-order valence-electron chi connectivity index (χ2n) is 4.64. The molecule has 0 atom stereocenters. The van der Waals surface area contributed by atoms with Gasteiger partial charge in [0.05, 0.1) is 0 Å². The average Bonchev–Trinajstić information content (AvgIpc) is 2.56. The first kappa shape index (κ1) is 14.6. The second kappa shape index (κ2) is 6.65. The highest BCUT2D eigenvalue weighted by atomic mass is 19.1. The van der Waals surface area contributed by atoms with Crippen LogP contribution in [0.2, 0.25) is 0 Å². The van der Waals surface area contributed by atoms with Crippen LogP contribution in [0, 0.1) is 5.82 Å². The summed E-state index contributed by atoms with van der Waals surface area (Å²) in [6.45, 7) is 0. The average molecular weight is 309 g/mol. The molecule has 1 heterocycles. The Balaban J connectivity index is 1.68. The van der Waals surface area contributed by atoms with Gasteiger partial charge < -0.3 is 10.1 Å². The number of para-hydroxylation sites is 1. The van der Waals surface area contributed by atoms with E-state index in [1.165, 1.54) is 30.3 Å². The first-order valence-corrected chi connectivity index (χ1v) is 6.84. The maximum atomic E-state index is 13.1. The molecule has 0 radical (unpaired) electrons. The zero-order valence-electron chi connectivity index (χ0n) is 11.9. The summed E-state index contributed by atoms with van der Waals surface area (Å²) in [4.78, 5) is 12.0. The Kier molecular flexibility index (Phi) is 4.24. The van der Waals surface area contributed by atoms with Crippen LogP contribution in [0.1, 0.15) is 10.5 Å². The molecule has 1 amide bonds. The number of ether oxygens (including phenoxy) is 1. The van der Waals surface area contributed by atoms with Crippen molar-refractivity contribution in [3.8, 4) is 11.6 Å². The summed E-state index contributed by atoms with van der Waals surface area (Å²) in [5.74, 6) is -0.303. The van der Waals surface area contributed by atoms with Gasteiger partial charge >= 0.3 is 0 Å². The van der Waals surface area contributed by atoms with Crippen molar-refractivity contribution in [1.82, 2.24) is 10.2 Å². The zero-order valence-corrected chi connectivity index (χ0v) is 11.9. The Morgan fingerprint density at radius 1 is 0.957 bits per heavy atom. The number of aromatic nitrogens is 2. The molecule has 0 aliphatic carbocycles. The van der Waals surface area contributed by atoms with Crippen LogP contribution in [0.5, 0.6) is 11.6 Å². The molecule has 0 bridgehead atoms. The molecule has 3 rings (SSSR count). The first-order chi connectivity index (χ1) is 11.2. The molecule has 0 saturated carbocycles. The lowest BCUT2D eigenvalue weighted by molar-refractivity contribution is 0.102. The van der Waals surface area contributed by atoms with Crippen LogP contribution in [-0.4, -0.2) is 16.1 Å². The number of hydrogen-bond acceptors (Lipinski definition) is 4. The second-order valence-corrected chi connectivity index (χ2v) is 4.64. The Morgan fingerprint density at radius 2 is 1.78 bits per heavy atom. The Labute approximate surface area is 131 Å². The third-order valence-electron chi connectivity index (χ3n) is 2.92. The van der Waals surface area contributed by atoms with Crippen molar-refractivity contribution in [1.29, 1.82) is 0 Å². The minimum atomic E-state index is -0.408. The van der Waals surface area contributed by atoms with E-state index < -0.39 is 5.82 Å². The lowest BCUT2D eigenvalue weighted by Crippen LogP contribution is -2.14. The molecule has 0 saturated heterocycles. The Morgan fingerprint density at radius 3 is 2.48 bits per heavy atom. The monoisotopic (exact) mass is 309 g/mol. The number of amides is 1. The van der Waals surface area contributed by atoms with Gasteiger partial charge in [0, 0.05) is 17.8 Å². The van der Waals surface area contributed by atoms with Crippen molar-refractivity contribution >= 4 is 11.6 Å². The van der Waals surface area contributed by atoms with Crippen LogP contribution in [0.3, 0.4) is 0 Å². The number of rotatable bonds is 4. The van der Waals surface area contributed by atoms with Crippen LogP contribution in [0.4, 0.5) is 10.1 Å². The SMILES string of the molecule is O=C(Nc1ccccc1)c1ccc(Oc2cccc(F)c2)nn1. The van der Waals surface area contributed by atoms with Gasteiger partial charge in [-0.25, -0.2) is 4.39 Å². The molecular weight excluding hydrogens is 297 g/mol. The van der Waals surface area contributed by atoms with Crippen molar-refractivity contribution < 1.29 is 13.9 Å². The lowest BCUT2D eigenvalue weighted by Gasteiger charge is -2.06. The van der Waals surface area contributed by atoms with Gasteiger partial charge in [0.15, 0.2) is 5.69 Å². The summed E-state index contributed by atoms with van der Waals surface area (Å²) in [5, 5.41) is 10.3. The molecule has 0 unspecified atom stereocenters. The number of carbonyl (C=O) groups is 1. The van der Waals surface area contributed by atoms with Crippen LogP contribution in [0.25, 0.3) is 0 Å². The molecule has 5 nitrogen and oxygen atoms in total. The minimum absolute atomic E-state index is 0.153. The van der Waals surface area contributed by atoms with Crippen molar-refractivity contribution in [3.63, 3.8) is 0 Å². The molecular formula is C17H12FN3O2. The number of benzene rings is 2. The first-order valence-electron chi connectivity index (χ1n) is 6.84. The lowest BCUT2D eigenvalue weighted by atomic mass is 10.3. The van der Waals surface area contributed by atoms with Gasteiger partial charge in [0.25, 0.3) is 5.91 Å². The van der Waals surface area contributed by atoms with E-state index >= 15 is 0 Å². The molecule has 114 valence electrons. The van der Waals surface area contributed by atoms with E-state index in [0.29, 0.717) is 11.4 Å². The summed E-state index contributed by atoms with van der Waals surface area (Å²) < 4.78 is 18.4. The standard InChI is InChI=1S/C17H12FN3O2/c18-12-5-4-8-14(11-12)23-16-10-9-15(20-21-16)17(22)19-13-6-2-1-3-7-13/h1-11H,(H,19,22). The number of hydrogen-bond donors (Lipinski definition) is 1. The van der Waals surface area contributed by atoms with Crippen LogP contribution in [-0.2, 0) is 0 Å². The van der Waals surface area contributed by atoms with Gasteiger partial charge in [-0.3, -0.25) is 4.79 Å². The van der Waals surface area contributed by atoms with Gasteiger partial charge in [0.2, 0.25) is 5.88 Å². The molecule has 0 aliphatic heterocycles. The van der Waals surface area contributed by atoms with Crippen molar-refractivity contribution in [2.24, 2.45) is 0 Å². The maximum absolute atomic E-state index is 13.1. The van der Waals surface area contributed by atoms with Crippen LogP contribution >= 0.6 is 0 Å². The van der Waals surface area contributed by atoms with E-state index in [1.54, 1.807) is 18.2 Å². The minimum Gasteiger partial charge on any atom is -0.437 e. The zero-order chi connectivity index (χ0) is 16.1. The maximum Gasteiger partial charge on any atom is 0.276 e. The summed E-state index contributed by atoms with van der Waals surface area (Å²) in [6, 6.07) is 17.7. The van der Waals surface area contributed by atoms with E-state index in [1.807, 2.05) is 18.2 Å². The highest BCUT2D eigenvalue weighted by Crippen LogP contribution is 2.19. The predicted molar refractivity (Wildman–Crippen MR) is 82.9 cm³/mol. The van der Waals surface area contributed by atoms with E-state index in [0.717, 1.165) is 0 Å². The van der Waals surface area contributed by atoms with Gasteiger partial charge in [-0.2, -0.15) is 0 Å². The molecule has 23 heavy (non-hydrogen) atoms. The summed E-state index contributed by atoms with van der Waals surface area (Å²) in [7, 11) is 0. The molecule has 1 aromatic heterocycles. The molecule has 0 spiro atoms. The number of carbonyl (C=O) groups excluding carboxylic acids is 1. The quantitative estimate of drug-likeness (QED) is 0.799. The van der Waals surface area contributed by atoms with Crippen molar-refractivity contribution in [2.45, 2.75) is 0 Å². The summed E-state index contributed by atoms with van der Waals surface area (Å²) in [5.41, 5.74) is 0.819. The largest absolute Gasteiger partial charge is 0.437 e. The fraction of sp³-hybridized carbons (Fsp3) is 0. The number of anilines is 1. The number of nitrogens with zero attached hydrogens (tertiary/aromatic N) is 2. The van der Waals surface area contributed by atoms with Crippen LogP contribution in [0.15, 0.2) is 66.7 Å². The van der Waals surface area contributed by atoms with E-state index in [4.69, 9.17) is 4.74 Å². The van der Waals surface area contributed by atoms with Crippen molar-refractivity contribution in [2.75, 3.05) is 5.32 Å². The fourth-order valence-electron chi connectivity index (χ4n) is 1.86. The van der Waals surface area contributed by atoms with E-state index in [-0.39, 0.29) is 17.5 Å². The highest BCUT2D eigenvalue weighted by Gasteiger charge is 2.09. The highest BCUT2D eigenvalue weighted by molar-refractivity contribution is 6.02. The van der Waals surface area contributed by atoms with Gasteiger partial charge in [-0.05, 0) is 30.3 Å². The number of halogens is 1. The fourth-order valence-corrected chi connectivity index (χ4v) is 1.86. The molecule has 1 N–H and O–H groups in total. The molecule has 2 aromatic carbocycles. The molecule has 0 aliphatic rings. The third kappa shape index (κ3) is 3.88. The van der Waals surface area contributed by atoms with Crippen LogP contribution < -0.4 is 10.1 Å². The topological polar surface area (TPSA) is 64.1 Å². The molecule has 0 fully saturated rings. The van der Waals surface area contributed by atoms with Crippen molar-refractivity contribution in [3.05, 3.63) is 78.2 Å². The van der Waals surface area contributed by atoms with Gasteiger partial charge in [-0.1, -0.05) is 24.3 Å². The Bertz CT molecular complexity index is 808. The summed E-state index contributed by atoms with van der Waals surface area (Å²) in [6.07, 6.45) is 0. The predicted octanol–water partition coefficient (Wildman–Crippen LogP) is 3.66. The molecule has 6 heteroatoms. The third-order valence-corrected chi connectivity index (χ3v) is 2.92. The van der Waals surface area contributed by atoms with Gasteiger partial charge in [-0.15, -0.1) is 10.2 Å². The van der Waals surface area contributed by atoms with E-state index in [2.05, 4.69) is 15.5 Å². The smallest absolute Gasteiger partial charge is 0.276 e. The van der Waals surface area contributed by atoms with E-state index in [9.17, 15) is 9.18 Å². The Hall–Kier alpha value is -3.28. The normalized spacial score (nSPS) is 10.1. The van der Waals surface area contributed by atoms with Gasteiger partial charge in [0.1, 0.15) is 11.6 Å².